The minimum absolute atomic E-state index is 0.144. The monoisotopic (exact) mass is 300 g/mol. The molecule has 1 aliphatic carbocycles. The predicted octanol–water partition coefficient (Wildman–Crippen LogP) is 2.42. The second-order valence-corrected chi connectivity index (χ2v) is 6.30. The highest BCUT2D eigenvalue weighted by atomic mass is 16.3. The number of para-hydroxylation sites is 1. The van der Waals surface area contributed by atoms with Gasteiger partial charge in [-0.3, -0.25) is 4.90 Å². The van der Waals surface area contributed by atoms with Crippen molar-refractivity contribution >= 4 is 0 Å². The third-order valence-electron chi connectivity index (χ3n) is 4.76. The van der Waals surface area contributed by atoms with Crippen LogP contribution < -0.4 is 0 Å². The SMILES string of the molecule is CC(c1cn(-c2ccccc2)nn1)N(C)CC1CCCC1O. The molecule has 1 aliphatic rings. The number of aromatic nitrogens is 3. The van der Waals surface area contributed by atoms with Gasteiger partial charge >= 0.3 is 0 Å². The van der Waals surface area contributed by atoms with Gasteiger partial charge in [0.2, 0.25) is 0 Å². The lowest BCUT2D eigenvalue weighted by atomic mass is 10.0. The Morgan fingerprint density at radius 3 is 2.77 bits per heavy atom. The molecule has 0 aliphatic heterocycles. The van der Waals surface area contributed by atoms with E-state index in [0.29, 0.717) is 5.92 Å². The van der Waals surface area contributed by atoms with Crippen molar-refractivity contribution in [3.8, 4) is 5.69 Å². The van der Waals surface area contributed by atoms with Crippen molar-refractivity contribution < 1.29 is 5.11 Å². The number of aliphatic hydroxyl groups excluding tert-OH is 1. The van der Waals surface area contributed by atoms with Crippen molar-refractivity contribution in [2.75, 3.05) is 13.6 Å². The highest BCUT2D eigenvalue weighted by molar-refractivity contribution is 5.30. The van der Waals surface area contributed by atoms with Crippen LogP contribution in [0.2, 0.25) is 0 Å². The summed E-state index contributed by atoms with van der Waals surface area (Å²) in [5.74, 6) is 0.386. The van der Waals surface area contributed by atoms with E-state index in [1.165, 1.54) is 0 Å². The van der Waals surface area contributed by atoms with Gasteiger partial charge in [-0.25, -0.2) is 4.68 Å². The van der Waals surface area contributed by atoms with Crippen LogP contribution in [0.5, 0.6) is 0 Å². The topological polar surface area (TPSA) is 54.2 Å². The summed E-state index contributed by atoms with van der Waals surface area (Å²) in [5.41, 5.74) is 1.97. The molecule has 5 nitrogen and oxygen atoms in total. The molecule has 2 aromatic rings. The lowest BCUT2D eigenvalue weighted by Crippen LogP contribution is -2.32. The Hall–Kier alpha value is -1.72. The zero-order valence-electron chi connectivity index (χ0n) is 13.3. The fourth-order valence-electron chi connectivity index (χ4n) is 3.16. The summed E-state index contributed by atoms with van der Waals surface area (Å²) in [5, 5.41) is 18.5. The quantitative estimate of drug-likeness (QED) is 0.921. The van der Waals surface area contributed by atoms with Gasteiger partial charge in [0, 0.05) is 6.54 Å². The van der Waals surface area contributed by atoms with Crippen molar-refractivity contribution in [1.29, 1.82) is 0 Å². The van der Waals surface area contributed by atoms with Gasteiger partial charge in [-0.1, -0.05) is 29.8 Å². The van der Waals surface area contributed by atoms with Crippen LogP contribution in [-0.4, -0.2) is 44.7 Å². The normalized spacial score (nSPS) is 23.1. The standard InChI is InChI=1S/C17H24N4O/c1-13(20(2)11-14-7-6-10-17(14)22)16-12-21(19-18-16)15-8-4-3-5-9-15/h3-5,8-9,12-14,17,22H,6-7,10-11H2,1-2H3. The minimum Gasteiger partial charge on any atom is -0.393 e. The van der Waals surface area contributed by atoms with Crippen LogP contribution in [0.4, 0.5) is 0 Å². The van der Waals surface area contributed by atoms with Gasteiger partial charge in [-0.2, -0.15) is 0 Å². The van der Waals surface area contributed by atoms with Gasteiger partial charge < -0.3 is 5.11 Å². The summed E-state index contributed by atoms with van der Waals surface area (Å²) in [6.07, 6.45) is 5.04. The lowest BCUT2D eigenvalue weighted by molar-refractivity contribution is 0.0984. The third-order valence-corrected chi connectivity index (χ3v) is 4.76. The van der Waals surface area contributed by atoms with Crippen LogP contribution in [0.1, 0.15) is 37.9 Å². The van der Waals surface area contributed by atoms with E-state index in [-0.39, 0.29) is 12.1 Å². The summed E-state index contributed by atoms with van der Waals surface area (Å²) in [7, 11) is 2.09. The molecule has 22 heavy (non-hydrogen) atoms. The zero-order valence-corrected chi connectivity index (χ0v) is 13.3. The third kappa shape index (κ3) is 3.20. The van der Waals surface area contributed by atoms with Gasteiger partial charge in [-0.15, -0.1) is 5.10 Å². The Morgan fingerprint density at radius 2 is 2.09 bits per heavy atom. The van der Waals surface area contributed by atoms with Crippen LogP contribution in [-0.2, 0) is 0 Å². The van der Waals surface area contributed by atoms with Gasteiger partial charge in [0.25, 0.3) is 0 Å². The van der Waals surface area contributed by atoms with Crippen LogP contribution in [0.25, 0.3) is 5.69 Å². The molecule has 1 fully saturated rings. The average Bonchev–Trinajstić information content (AvgIpc) is 3.17. The fourth-order valence-corrected chi connectivity index (χ4v) is 3.16. The van der Waals surface area contributed by atoms with Crippen LogP contribution >= 0.6 is 0 Å². The molecule has 1 N–H and O–H groups in total. The summed E-state index contributed by atoms with van der Waals surface area (Å²) >= 11 is 0. The van der Waals surface area contributed by atoms with E-state index in [0.717, 1.165) is 37.2 Å². The largest absolute Gasteiger partial charge is 0.393 e. The maximum Gasteiger partial charge on any atom is 0.1000 e. The first-order chi connectivity index (χ1) is 10.6. The smallest absolute Gasteiger partial charge is 0.1000 e. The molecule has 0 saturated heterocycles. The maximum absolute atomic E-state index is 9.98. The fraction of sp³-hybridized carbons (Fsp3) is 0.529. The molecule has 3 atom stereocenters. The molecule has 1 aromatic heterocycles. The number of nitrogens with zero attached hydrogens (tertiary/aromatic N) is 4. The first-order valence-corrected chi connectivity index (χ1v) is 8.01. The second-order valence-electron chi connectivity index (χ2n) is 6.30. The highest BCUT2D eigenvalue weighted by Crippen LogP contribution is 2.28. The Labute approximate surface area is 131 Å². The van der Waals surface area contributed by atoms with E-state index in [9.17, 15) is 5.11 Å². The molecule has 118 valence electrons. The number of aliphatic hydroxyl groups is 1. The predicted molar refractivity (Wildman–Crippen MR) is 85.8 cm³/mol. The van der Waals surface area contributed by atoms with Gasteiger partial charge in [0.05, 0.1) is 29.7 Å². The van der Waals surface area contributed by atoms with Gasteiger partial charge in [0.1, 0.15) is 0 Å². The molecule has 1 aromatic carbocycles. The molecule has 0 amide bonds. The summed E-state index contributed by atoms with van der Waals surface area (Å²) in [6.45, 7) is 3.04. The van der Waals surface area contributed by atoms with Crippen molar-refractivity contribution in [2.24, 2.45) is 5.92 Å². The van der Waals surface area contributed by atoms with Crippen LogP contribution in [0, 0.1) is 5.92 Å². The number of hydrogen-bond donors (Lipinski definition) is 1. The van der Waals surface area contributed by atoms with E-state index >= 15 is 0 Å². The van der Waals surface area contributed by atoms with Crippen molar-refractivity contribution in [1.82, 2.24) is 19.9 Å². The van der Waals surface area contributed by atoms with Gasteiger partial charge in [-0.05, 0) is 44.9 Å². The molecular weight excluding hydrogens is 276 g/mol. The molecule has 1 saturated carbocycles. The second kappa shape index (κ2) is 6.58. The Bertz CT molecular complexity index is 598. The van der Waals surface area contributed by atoms with E-state index in [1.54, 1.807) is 0 Å². The first kappa shape index (κ1) is 15.2. The molecule has 1 heterocycles. The van der Waals surface area contributed by atoms with E-state index < -0.39 is 0 Å². The van der Waals surface area contributed by atoms with Crippen molar-refractivity contribution in [2.45, 2.75) is 38.3 Å². The van der Waals surface area contributed by atoms with Crippen LogP contribution in [0.15, 0.2) is 36.5 Å². The highest BCUT2D eigenvalue weighted by Gasteiger charge is 2.28. The summed E-state index contributed by atoms with van der Waals surface area (Å²) < 4.78 is 1.81. The van der Waals surface area contributed by atoms with Crippen molar-refractivity contribution in [3.05, 3.63) is 42.2 Å². The van der Waals surface area contributed by atoms with E-state index in [4.69, 9.17) is 0 Å². The first-order valence-electron chi connectivity index (χ1n) is 8.01. The van der Waals surface area contributed by atoms with E-state index in [1.807, 2.05) is 41.2 Å². The average molecular weight is 300 g/mol. The number of benzene rings is 1. The summed E-state index contributed by atoms with van der Waals surface area (Å²) in [6, 6.07) is 10.2. The van der Waals surface area contributed by atoms with Crippen LogP contribution in [0.3, 0.4) is 0 Å². The Morgan fingerprint density at radius 1 is 1.32 bits per heavy atom. The number of rotatable bonds is 5. The molecule has 3 unspecified atom stereocenters. The zero-order chi connectivity index (χ0) is 15.5. The maximum atomic E-state index is 9.98. The molecule has 0 radical (unpaired) electrons. The summed E-state index contributed by atoms with van der Waals surface area (Å²) in [4.78, 5) is 2.26. The molecule has 5 heteroatoms. The van der Waals surface area contributed by atoms with E-state index in [2.05, 4.69) is 29.2 Å². The molecule has 0 bridgehead atoms. The Kier molecular flexibility index (Phi) is 4.55. The molecular formula is C17H24N4O. The molecule has 3 rings (SSSR count). The number of hydrogen-bond acceptors (Lipinski definition) is 4. The van der Waals surface area contributed by atoms with Crippen molar-refractivity contribution in [3.63, 3.8) is 0 Å². The minimum atomic E-state index is -0.144. The Balaban J connectivity index is 1.67. The molecule has 0 spiro atoms. The van der Waals surface area contributed by atoms with Gasteiger partial charge in [0.15, 0.2) is 0 Å². The lowest BCUT2D eigenvalue weighted by Gasteiger charge is -2.27.